The monoisotopic (exact) mass is 265 g/mol. The fourth-order valence-electron chi connectivity index (χ4n) is 1.86. The highest BCUT2D eigenvalue weighted by Crippen LogP contribution is 2.27. The lowest BCUT2D eigenvalue weighted by Crippen LogP contribution is -2.33. The number of pyridine rings is 1. The molecule has 1 amide bonds. The first-order valence-electron chi connectivity index (χ1n) is 6.69. The fourth-order valence-corrected chi connectivity index (χ4v) is 1.86. The molecule has 0 saturated heterocycles. The molecule has 0 fully saturated rings. The lowest BCUT2D eigenvalue weighted by Gasteiger charge is -2.20. The minimum Gasteiger partial charge on any atom is -0.406 e. The number of ether oxygens (including phenoxy) is 1. The fraction of sp³-hybridized carbons (Fsp3) is 0.571. The molecule has 0 radical (unpaired) electrons. The molecular formula is C14H23N3O2. The number of rotatable bonds is 5. The molecular weight excluding hydrogens is 242 g/mol. The Morgan fingerprint density at radius 2 is 2.05 bits per heavy atom. The molecule has 0 spiro atoms. The van der Waals surface area contributed by atoms with Crippen molar-refractivity contribution in [3.8, 4) is 5.75 Å². The SMILES string of the molecule is CCN(CC)C(=O)Oc1c(CC(C)C)ccnc1N. The Hall–Kier alpha value is -1.78. The summed E-state index contributed by atoms with van der Waals surface area (Å²) in [6.07, 6.45) is 2.06. The average molecular weight is 265 g/mol. The van der Waals surface area contributed by atoms with Crippen molar-refractivity contribution in [1.82, 2.24) is 9.88 Å². The van der Waals surface area contributed by atoms with Crippen LogP contribution < -0.4 is 10.5 Å². The molecule has 0 atom stereocenters. The molecule has 106 valence electrons. The van der Waals surface area contributed by atoms with Gasteiger partial charge in [-0.3, -0.25) is 0 Å². The number of nitrogens with zero attached hydrogens (tertiary/aromatic N) is 2. The maximum absolute atomic E-state index is 12.0. The molecule has 0 unspecified atom stereocenters. The Labute approximate surface area is 114 Å². The Morgan fingerprint density at radius 1 is 1.42 bits per heavy atom. The van der Waals surface area contributed by atoms with Gasteiger partial charge in [0, 0.05) is 24.8 Å². The van der Waals surface area contributed by atoms with E-state index in [9.17, 15) is 4.79 Å². The number of amides is 1. The number of carbonyl (C=O) groups is 1. The van der Waals surface area contributed by atoms with Gasteiger partial charge in [0.1, 0.15) is 0 Å². The lowest BCUT2D eigenvalue weighted by molar-refractivity contribution is 0.157. The first kappa shape index (κ1) is 15.3. The molecule has 1 aromatic heterocycles. The summed E-state index contributed by atoms with van der Waals surface area (Å²) in [6.45, 7) is 9.24. The molecule has 5 nitrogen and oxygen atoms in total. The largest absolute Gasteiger partial charge is 0.415 e. The van der Waals surface area contributed by atoms with Crippen LogP contribution in [0.5, 0.6) is 5.75 Å². The Morgan fingerprint density at radius 3 is 2.58 bits per heavy atom. The summed E-state index contributed by atoms with van der Waals surface area (Å²) in [6, 6.07) is 1.85. The molecule has 19 heavy (non-hydrogen) atoms. The van der Waals surface area contributed by atoms with Crippen molar-refractivity contribution < 1.29 is 9.53 Å². The molecule has 0 aromatic carbocycles. The van der Waals surface area contributed by atoms with Crippen LogP contribution in [0.3, 0.4) is 0 Å². The Kier molecular flexibility index (Phi) is 5.60. The van der Waals surface area contributed by atoms with E-state index in [-0.39, 0.29) is 11.9 Å². The molecule has 0 aliphatic heterocycles. The smallest absolute Gasteiger partial charge is 0.406 e. The number of aromatic nitrogens is 1. The Bertz CT molecular complexity index is 429. The van der Waals surface area contributed by atoms with Crippen LogP contribution >= 0.6 is 0 Å². The normalized spacial score (nSPS) is 10.6. The van der Waals surface area contributed by atoms with Gasteiger partial charge in [0.15, 0.2) is 11.6 Å². The van der Waals surface area contributed by atoms with E-state index in [0.717, 1.165) is 12.0 Å². The molecule has 1 heterocycles. The molecule has 0 saturated carbocycles. The summed E-state index contributed by atoms with van der Waals surface area (Å²) in [5.74, 6) is 1.11. The second kappa shape index (κ2) is 6.97. The van der Waals surface area contributed by atoms with Gasteiger partial charge in [0.05, 0.1) is 0 Å². The predicted octanol–water partition coefficient (Wildman–Crippen LogP) is 2.70. The van der Waals surface area contributed by atoms with Crippen molar-refractivity contribution in [3.63, 3.8) is 0 Å². The van der Waals surface area contributed by atoms with Gasteiger partial charge in [-0.05, 0) is 32.3 Å². The summed E-state index contributed by atoms with van der Waals surface area (Å²) < 4.78 is 5.42. The van der Waals surface area contributed by atoms with Crippen LogP contribution in [0.2, 0.25) is 0 Å². The second-order valence-corrected chi connectivity index (χ2v) is 4.82. The first-order chi connectivity index (χ1) is 8.99. The molecule has 0 bridgehead atoms. The van der Waals surface area contributed by atoms with Gasteiger partial charge in [-0.1, -0.05) is 13.8 Å². The highest BCUT2D eigenvalue weighted by molar-refractivity contribution is 5.73. The summed E-state index contributed by atoms with van der Waals surface area (Å²) in [5, 5.41) is 0. The quantitative estimate of drug-likeness (QED) is 0.888. The van der Waals surface area contributed by atoms with Crippen molar-refractivity contribution in [3.05, 3.63) is 17.8 Å². The Balaban J connectivity index is 2.95. The molecule has 2 N–H and O–H groups in total. The van der Waals surface area contributed by atoms with Crippen molar-refractivity contribution in [2.75, 3.05) is 18.8 Å². The van der Waals surface area contributed by atoms with Gasteiger partial charge in [0.2, 0.25) is 0 Å². The number of nitrogens with two attached hydrogens (primary N) is 1. The van der Waals surface area contributed by atoms with Gasteiger partial charge in [-0.2, -0.15) is 0 Å². The van der Waals surface area contributed by atoms with Crippen LogP contribution in [0.1, 0.15) is 33.3 Å². The third kappa shape index (κ3) is 4.12. The number of hydrogen-bond donors (Lipinski definition) is 1. The van der Waals surface area contributed by atoms with Crippen molar-refractivity contribution in [2.24, 2.45) is 5.92 Å². The van der Waals surface area contributed by atoms with E-state index >= 15 is 0 Å². The van der Waals surface area contributed by atoms with E-state index in [0.29, 0.717) is 24.8 Å². The average Bonchev–Trinajstić information content (AvgIpc) is 2.34. The predicted molar refractivity (Wildman–Crippen MR) is 76.1 cm³/mol. The van der Waals surface area contributed by atoms with Gasteiger partial charge in [-0.25, -0.2) is 9.78 Å². The van der Waals surface area contributed by atoms with E-state index in [4.69, 9.17) is 10.5 Å². The molecule has 5 heteroatoms. The molecule has 0 aliphatic rings. The van der Waals surface area contributed by atoms with Crippen molar-refractivity contribution in [2.45, 2.75) is 34.1 Å². The van der Waals surface area contributed by atoms with E-state index in [1.165, 1.54) is 0 Å². The topological polar surface area (TPSA) is 68.5 Å². The second-order valence-electron chi connectivity index (χ2n) is 4.82. The zero-order valence-electron chi connectivity index (χ0n) is 12.1. The standard InChI is InChI=1S/C14H23N3O2/c1-5-17(6-2)14(18)19-12-11(9-10(3)4)7-8-16-13(12)15/h7-8,10H,5-6,9H2,1-4H3,(H2,15,16). The minimum atomic E-state index is -0.380. The lowest BCUT2D eigenvalue weighted by atomic mass is 10.0. The minimum absolute atomic E-state index is 0.263. The third-order valence-corrected chi connectivity index (χ3v) is 2.85. The van der Waals surface area contributed by atoms with Crippen LogP contribution in [0.25, 0.3) is 0 Å². The number of anilines is 1. The van der Waals surface area contributed by atoms with E-state index in [2.05, 4.69) is 18.8 Å². The number of nitrogen functional groups attached to an aromatic ring is 1. The number of hydrogen-bond acceptors (Lipinski definition) is 4. The van der Waals surface area contributed by atoms with Gasteiger partial charge in [-0.15, -0.1) is 0 Å². The summed E-state index contributed by atoms with van der Waals surface area (Å²) in [7, 11) is 0. The van der Waals surface area contributed by atoms with Crippen LogP contribution in [-0.4, -0.2) is 29.1 Å². The third-order valence-electron chi connectivity index (χ3n) is 2.85. The molecule has 1 rings (SSSR count). The van der Waals surface area contributed by atoms with E-state index in [1.54, 1.807) is 11.1 Å². The highest BCUT2D eigenvalue weighted by Gasteiger charge is 2.17. The van der Waals surface area contributed by atoms with Crippen LogP contribution in [-0.2, 0) is 6.42 Å². The van der Waals surface area contributed by atoms with Gasteiger partial charge in [0.25, 0.3) is 0 Å². The van der Waals surface area contributed by atoms with Crippen molar-refractivity contribution >= 4 is 11.9 Å². The van der Waals surface area contributed by atoms with Crippen LogP contribution in [0.15, 0.2) is 12.3 Å². The van der Waals surface area contributed by atoms with E-state index < -0.39 is 0 Å². The highest BCUT2D eigenvalue weighted by atomic mass is 16.6. The first-order valence-corrected chi connectivity index (χ1v) is 6.69. The molecule has 1 aromatic rings. The van der Waals surface area contributed by atoms with E-state index in [1.807, 2.05) is 19.9 Å². The zero-order valence-corrected chi connectivity index (χ0v) is 12.1. The van der Waals surface area contributed by atoms with Gasteiger partial charge >= 0.3 is 6.09 Å². The van der Waals surface area contributed by atoms with Crippen LogP contribution in [0, 0.1) is 5.92 Å². The van der Waals surface area contributed by atoms with Crippen LogP contribution in [0.4, 0.5) is 10.6 Å². The van der Waals surface area contributed by atoms with Gasteiger partial charge < -0.3 is 15.4 Å². The zero-order chi connectivity index (χ0) is 14.4. The molecule has 0 aliphatic carbocycles. The number of carbonyl (C=O) groups excluding carboxylic acids is 1. The summed E-state index contributed by atoms with van der Waals surface area (Å²) in [4.78, 5) is 17.6. The summed E-state index contributed by atoms with van der Waals surface area (Å²) in [5.41, 5.74) is 6.74. The summed E-state index contributed by atoms with van der Waals surface area (Å²) >= 11 is 0. The maximum Gasteiger partial charge on any atom is 0.415 e. The maximum atomic E-state index is 12.0. The van der Waals surface area contributed by atoms with Crippen molar-refractivity contribution in [1.29, 1.82) is 0 Å².